The Morgan fingerprint density at radius 3 is 2.38 bits per heavy atom. The maximum atomic E-state index is 13.0. The lowest BCUT2D eigenvalue weighted by atomic mass is 9.72. The molecule has 6 nitrogen and oxygen atoms in total. The average Bonchev–Trinajstić information content (AvgIpc) is 3.09. The Hall–Kier alpha value is -3.67. The Bertz CT molecular complexity index is 1180. The van der Waals surface area contributed by atoms with Gasteiger partial charge < -0.3 is 9.88 Å². The van der Waals surface area contributed by atoms with E-state index in [1.165, 1.54) is 0 Å². The second kappa shape index (κ2) is 8.46. The van der Waals surface area contributed by atoms with Crippen LogP contribution in [0.4, 0.5) is 5.69 Å². The number of aryl methyl sites for hydroxylation is 1. The standard InChI is InChI=1S/C26H27N3O3/c1-4-26(15-14-23(30)28-25(26)32)19-10-12-20(13-11-19)27-24(31)22-16-17(2)29(18(22)3)21-8-6-5-7-9-21/h5-13,16H,4,14-15H2,1-3H3,(H,27,31)(H,28,30,32). The molecule has 0 aliphatic carbocycles. The molecule has 2 aromatic carbocycles. The predicted octanol–water partition coefficient (Wildman–Crippen LogP) is 4.43. The Balaban J connectivity index is 1.55. The van der Waals surface area contributed by atoms with Gasteiger partial charge in [-0.1, -0.05) is 37.3 Å². The number of benzene rings is 2. The highest BCUT2D eigenvalue weighted by Crippen LogP contribution is 2.36. The molecule has 164 valence electrons. The van der Waals surface area contributed by atoms with Gasteiger partial charge in [0.15, 0.2) is 0 Å². The third-order valence-corrected chi connectivity index (χ3v) is 6.46. The van der Waals surface area contributed by atoms with Gasteiger partial charge in [0.05, 0.1) is 11.0 Å². The summed E-state index contributed by atoms with van der Waals surface area (Å²) in [5, 5.41) is 5.43. The molecule has 0 radical (unpaired) electrons. The van der Waals surface area contributed by atoms with E-state index in [9.17, 15) is 14.4 Å². The number of nitrogens with zero attached hydrogens (tertiary/aromatic N) is 1. The second-order valence-corrected chi connectivity index (χ2v) is 8.30. The molecule has 4 rings (SSSR count). The lowest BCUT2D eigenvalue weighted by Gasteiger charge is -2.35. The smallest absolute Gasteiger partial charge is 0.257 e. The molecule has 0 spiro atoms. The van der Waals surface area contributed by atoms with E-state index in [1.807, 2.05) is 81.4 Å². The maximum Gasteiger partial charge on any atom is 0.257 e. The van der Waals surface area contributed by atoms with Crippen molar-refractivity contribution in [2.45, 2.75) is 45.4 Å². The van der Waals surface area contributed by atoms with Crippen molar-refractivity contribution < 1.29 is 14.4 Å². The summed E-state index contributed by atoms with van der Waals surface area (Å²) >= 11 is 0. The molecule has 1 aliphatic heterocycles. The van der Waals surface area contributed by atoms with E-state index in [4.69, 9.17) is 0 Å². The molecule has 1 fully saturated rings. The number of para-hydroxylation sites is 1. The summed E-state index contributed by atoms with van der Waals surface area (Å²) in [7, 11) is 0. The van der Waals surface area contributed by atoms with Crippen molar-refractivity contribution in [2.75, 3.05) is 5.32 Å². The van der Waals surface area contributed by atoms with Crippen molar-refractivity contribution in [1.29, 1.82) is 0 Å². The Kier molecular flexibility index (Phi) is 5.70. The highest BCUT2D eigenvalue weighted by Gasteiger charge is 2.42. The van der Waals surface area contributed by atoms with Crippen molar-refractivity contribution in [3.8, 4) is 5.69 Å². The number of carbonyl (C=O) groups is 3. The molecule has 3 aromatic rings. The minimum Gasteiger partial charge on any atom is -0.322 e. The SMILES string of the molecule is CCC1(c2ccc(NC(=O)c3cc(C)n(-c4ccccc4)c3C)cc2)CCC(=O)NC1=O. The number of anilines is 1. The quantitative estimate of drug-likeness (QED) is 0.589. The molecule has 1 saturated heterocycles. The molecule has 3 amide bonds. The molecule has 6 heteroatoms. The van der Waals surface area contributed by atoms with E-state index in [0.717, 1.165) is 22.6 Å². The summed E-state index contributed by atoms with van der Waals surface area (Å²) in [6, 6.07) is 19.2. The summed E-state index contributed by atoms with van der Waals surface area (Å²) in [6.45, 7) is 5.87. The maximum absolute atomic E-state index is 13.0. The van der Waals surface area contributed by atoms with Crippen LogP contribution in [0.2, 0.25) is 0 Å². The minimum absolute atomic E-state index is 0.181. The zero-order valence-corrected chi connectivity index (χ0v) is 18.6. The second-order valence-electron chi connectivity index (χ2n) is 8.30. The van der Waals surface area contributed by atoms with Gasteiger partial charge in [0.25, 0.3) is 5.91 Å². The first-order valence-electron chi connectivity index (χ1n) is 10.9. The van der Waals surface area contributed by atoms with Gasteiger partial charge in [0.1, 0.15) is 0 Å². The van der Waals surface area contributed by atoms with Crippen LogP contribution in [0.1, 0.15) is 53.5 Å². The fraction of sp³-hybridized carbons (Fsp3) is 0.269. The first-order valence-corrected chi connectivity index (χ1v) is 10.9. The Morgan fingerprint density at radius 2 is 1.75 bits per heavy atom. The summed E-state index contributed by atoms with van der Waals surface area (Å²) in [4.78, 5) is 37.2. The van der Waals surface area contributed by atoms with Crippen molar-refractivity contribution in [3.63, 3.8) is 0 Å². The summed E-state index contributed by atoms with van der Waals surface area (Å²) in [6.07, 6.45) is 1.42. The third kappa shape index (κ3) is 3.73. The number of hydrogen-bond acceptors (Lipinski definition) is 3. The molecule has 1 aliphatic rings. The first kappa shape index (κ1) is 21.6. The van der Waals surface area contributed by atoms with E-state index in [1.54, 1.807) is 0 Å². The highest BCUT2D eigenvalue weighted by molar-refractivity contribution is 6.06. The number of piperidine rings is 1. The summed E-state index contributed by atoms with van der Waals surface area (Å²) < 4.78 is 2.06. The fourth-order valence-corrected chi connectivity index (χ4v) is 4.60. The number of hydrogen-bond donors (Lipinski definition) is 2. The van der Waals surface area contributed by atoms with Crippen LogP contribution in [0.5, 0.6) is 0 Å². The predicted molar refractivity (Wildman–Crippen MR) is 124 cm³/mol. The van der Waals surface area contributed by atoms with Crippen LogP contribution >= 0.6 is 0 Å². The van der Waals surface area contributed by atoms with Crippen LogP contribution < -0.4 is 10.6 Å². The van der Waals surface area contributed by atoms with Gasteiger partial charge in [-0.2, -0.15) is 0 Å². The number of rotatable bonds is 5. The van der Waals surface area contributed by atoms with Crippen molar-refractivity contribution in [1.82, 2.24) is 9.88 Å². The van der Waals surface area contributed by atoms with E-state index in [0.29, 0.717) is 30.5 Å². The van der Waals surface area contributed by atoms with Gasteiger partial charge in [-0.15, -0.1) is 0 Å². The van der Waals surface area contributed by atoms with Crippen LogP contribution in [0.25, 0.3) is 5.69 Å². The number of aromatic nitrogens is 1. The number of carbonyl (C=O) groups excluding carboxylic acids is 3. The molecule has 2 N–H and O–H groups in total. The van der Waals surface area contributed by atoms with Gasteiger partial charge in [-0.25, -0.2) is 0 Å². The lowest BCUT2D eigenvalue weighted by molar-refractivity contribution is -0.138. The van der Waals surface area contributed by atoms with Crippen molar-refractivity contribution >= 4 is 23.4 Å². The van der Waals surface area contributed by atoms with Crippen molar-refractivity contribution in [3.05, 3.63) is 83.2 Å². The van der Waals surface area contributed by atoms with Crippen LogP contribution in [-0.4, -0.2) is 22.3 Å². The lowest BCUT2D eigenvalue weighted by Crippen LogP contribution is -2.51. The molecule has 0 saturated carbocycles. The zero-order chi connectivity index (χ0) is 22.9. The molecular weight excluding hydrogens is 402 g/mol. The van der Waals surface area contributed by atoms with Gasteiger partial charge >= 0.3 is 0 Å². The molecule has 2 heterocycles. The van der Waals surface area contributed by atoms with E-state index < -0.39 is 5.41 Å². The van der Waals surface area contributed by atoms with Crippen molar-refractivity contribution in [2.24, 2.45) is 0 Å². The normalized spacial score (nSPS) is 18.3. The number of imide groups is 1. The Labute approximate surface area is 187 Å². The number of amides is 3. The molecule has 1 aromatic heterocycles. The van der Waals surface area contributed by atoms with Gasteiger partial charge in [-0.05, 0) is 62.6 Å². The van der Waals surface area contributed by atoms with Crippen LogP contribution in [-0.2, 0) is 15.0 Å². The van der Waals surface area contributed by atoms with Crippen LogP contribution in [0.15, 0.2) is 60.7 Å². The number of nitrogens with one attached hydrogen (secondary N) is 2. The molecule has 0 bridgehead atoms. The van der Waals surface area contributed by atoms with Crippen LogP contribution in [0, 0.1) is 13.8 Å². The summed E-state index contributed by atoms with van der Waals surface area (Å²) in [5.41, 5.74) is 4.28. The van der Waals surface area contributed by atoms with Gasteiger partial charge in [0, 0.05) is 29.2 Å². The summed E-state index contributed by atoms with van der Waals surface area (Å²) in [5.74, 6) is -0.656. The van der Waals surface area contributed by atoms with Crippen LogP contribution in [0.3, 0.4) is 0 Å². The molecular formula is C26H27N3O3. The monoisotopic (exact) mass is 429 g/mol. The molecule has 1 atom stereocenters. The largest absolute Gasteiger partial charge is 0.322 e. The van der Waals surface area contributed by atoms with E-state index >= 15 is 0 Å². The minimum atomic E-state index is -0.711. The van der Waals surface area contributed by atoms with E-state index in [2.05, 4.69) is 15.2 Å². The topological polar surface area (TPSA) is 80.2 Å². The zero-order valence-electron chi connectivity index (χ0n) is 18.6. The van der Waals surface area contributed by atoms with Gasteiger partial charge in [-0.3, -0.25) is 19.7 Å². The highest BCUT2D eigenvalue weighted by atomic mass is 16.2. The fourth-order valence-electron chi connectivity index (χ4n) is 4.60. The van der Waals surface area contributed by atoms with Gasteiger partial charge in [0.2, 0.25) is 11.8 Å². The molecule has 1 unspecified atom stereocenters. The van der Waals surface area contributed by atoms with E-state index in [-0.39, 0.29) is 17.7 Å². The average molecular weight is 430 g/mol. The third-order valence-electron chi connectivity index (χ3n) is 6.46. The Morgan fingerprint density at radius 1 is 1.06 bits per heavy atom. The first-order chi connectivity index (χ1) is 15.4. The molecule has 32 heavy (non-hydrogen) atoms.